The van der Waals surface area contributed by atoms with E-state index < -0.39 is 6.16 Å². The molecular weight excluding hydrogens is 444 g/mol. The number of nitrogens with one attached hydrogen (secondary N) is 2. The monoisotopic (exact) mass is 466 g/mol. The van der Waals surface area contributed by atoms with E-state index in [9.17, 15) is 14.4 Å². The zero-order valence-corrected chi connectivity index (χ0v) is 18.7. The largest absolute Gasteiger partial charge is 0.513 e. The molecule has 0 radical (unpaired) electrons. The number of halogens is 1. The summed E-state index contributed by atoms with van der Waals surface area (Å²) in [4.78, 5) is 36.3. The van der Waals surface area contributed by atoms with Crippen LogP contribution >= 0.6 is 11.6 Å². The van der Waals surface area contributed by atoms with Crippen LogP contribution in [0.1, 0.15) is 28.4 Å². The van der Waals surface area contributed by atoms with Gasteiger partial charge in [0.1, 0.15) is 5.75 Å². The molecule has 0 fully saturated rings. The smallest absolute Gasteiger partial charge is 0.434 e. The summed E-state index contributed by atoms with van der Waals surface area (Å²) in [6.45, 7) is 2.15. The Balaban J connectivity index is 1.58. The zero-order chi connectivity index (χ0) is 23.6. The standard InChI is InChI=1S/C25H23ClN2O5/c1-2-32-25(31)33-21-13-9-18(10-14-21)24(30)28-22-6-4-3-5-19(22)16-27-23(29)15-17-7-11-20(26)12-8-17/h3-14H,2,15-16H2,1H3,(H,27,29)(H,28,30). The molecule has 3 rings (SSSR count). The molecule has 0 saturated heterocycles. The molecule has 2 amide bonds. The van der Waals surface area contributed by atoms with Crippen LogP contribution in [0.5, 0.6) is 5.75 Å². The summed E-state index contributed by atoms with van der Waals surface area (Å²) in [7, 11) is 0. The number of hydrogen-bond donors (Lipinski definition) is 2. The SMILES string of the molecule is CCOC(=O)Oc1ccc(C(=O)Nc2ccccc2CNC(=O)Cc2ccc(Cl)cc2)cc1. The van der Waals surface area contributed by atoms with Crippen molar-refractivity contribution < 1.29 is 23.9 Å². The summed E-state index contributed by atoms with van der Waals surface area (Å²) >= 11 is 5.87. The number of carbonyl (C=O) groups excluding carboxylic acids is 3. The van der Waals surface area contributed by atoms with Crippen molar-refractivity contribution >= 4 is 35.3 Å². The van der Waals surface area contributed by atoms with Crippen LogP contribution in [0.4, 0.5) is 10.5 Å². The molecule has 0 aliphatic rings. The third kappa shape index (κ3) is 7.36. The van der Waals surface area contributed by atoms with Gasteiger partial charge in [0.15, 0.2) is 0 Å². The average molecular weight is 467 g/mol. The van der Waals surface area contributed by atoms with Crippen molar-refractivity contribution in [3.63, 3.8) is 0 Å². The average Bonchev–Trinajstić information content (AvgIpc) is 2.80. The van der Waals surface area contributed by atoms with Crippen molar-refractivity contribution in [2.45, 2.75) is 19.9 Å². The minimum absolute atomic E-state index is 0.143. The topological polar surface area (TPSA) is 93.7 Å². The fraction of sp³-hybridized carbons (Fsp3) is 0.160. The Morgan fingerprint density at radius 2 is 1.61 bits per heavy atom. The highest BCUT2D eigenvalue weighted by molar-refractivity contribution is 6.30. The fourth-order valence-electron chi connectivity index (χ4n) is 2.95. The molecule has 0 bridgehead atoms. The Hall–Kier alpha value is -3.84. The molecule has 0 atom stereocenters. The number of para-hydroxylation sites is 1. The van der Waals surface area contributed by atoms with Gasteiger partial charge in [-0.05, 0) is 60.5 Å². The lowest BCUT2D eigenvalue weighted by molar-refractivity contribution is -0.120. The Labute approximate surface area is 196 Å². The quantitative estimate of drug-likeness (QED) is 0.360. The minimum Gasteiger partial charge on any atom is -0.434 e. The molecule has 0 heterocycles. The first-order chi connectivity index (χ1) is 15.9. The Bertz CT molecular complexity index is 1110. The van der Waals surface area contributed by atoms with Crippen LogP contribution in [0.3, 0.4) is 0 Å². The number of rotatable bonds is 8. The second-order valence-electron chi connectivity index (χ2n) is 7.00. The molecule has 7 nitrogen and oxygen atoms in total. The van der Waals surface area contributed by atoms with E-state index in [1.54, 1.807) is 55.5 Å². The number of anilines is 1. The van der Waals surface area contributed by atoms with E-state index in [1.807, 2.05) is 12.1 Å². The van der Waals surface area contributed by atoms with E-state index in [1.165, 1.54) is 12.1 Å². The van der Waals surface area contributed by atoms with Gasteiger partial charge in [-0.1, -0.05) is 41.9 Å². The predicted octanol–water partition coefficient (Wildman–Crippen LogP) is 4.99. The van der Waals surface area contributed by atoms with Crippen LogP contribution in [0.15, 0.2) is 72.8 Å². The second-order valence-corrected chi connectivity index (χ2v) is 7.44. The molecule has 0 spiro atoms. The Morgan fingerprint density at radius 1 is 0.909 bits per heavy atom. The molecule has 2 N–H and O–H groups in total. The van der Waals surface area contributed by atoms with E-state index in [2.05, 4.69) is 10.6 Å². The Morgan fingerprint density at radius 3 is 2.30 bits per heavy atom. The van der Waals surface area contributed by atoms with Crippen molar-refractivity contribution in [3.8, 4) is 5.75 Å². The number of amides is 2. The lowest BCUT2D eigenvalue weighted by atomic mass is 10.1. The van der Waals surface area contributed by atoms with Crippen molar-refractivity contribution in [2.75, 3.05) is 11.9 Å². The molecule has 0 saturated carbocycles. The molecule has 3 aromatic rings. The highest BCUT2D eigenvalue weighted by Crippen LogP contribution is 2.18. The molecule has 0 unspecified atom stereocenters. The second kappa shape index (κ2) is 11.7. The van der Waals surface area contributed by atoms with Crippen LogP contribution < -0.4 is 15.4 Å². The van der Waals surface area contributed by atoms with Crippen LogP contribution in [-0.4, -0.2) is 24.6 Å². The molecule has 170 valence electrons. The van der Waals surface area contributed by atoms with Crippen molar-refractivity contribution in [1.82, 2.24) is 5.32 Å². The number of benzene rings is 3. The molecule has 0 aliphatic heterocycles. The van der Waals surface area contributed by atoms with Crippen LogP contribution in [0.2, 0.25) is 5.02 Å². The lowest BCUT2D eigenvalue weighted by Gasteiger charge is -2.12. The molecule has 3 aromatic carbocycles. The Kier molecular flexibility index (Phi) is 8.43. The van der Waals surface area contributed by atoms with Gasteiger partial charge < -0.3 is 20.1 Å². The van der Waals surface area contributed by atoms with Crippen molar-refractivity contribution in [1.29, 1.82) is 0 Å². The van der Waals surface area contributed by atoms with Crippen molar-refractivity contribution in [3.05, 3.63) is 94.5 Å². The maximum atomic E-state index is 12.7. The van der Waals surface area contributed by atoms with Gasteiger partial charge in [-0.2, -0.15) is 0 Å². The number of ether oxygens (including phenoxy) is 2. The number of hydrogen-bond acceptors (Lipinski definition) is 5. The van der Waals surface area contributed by atoms with Crippen LogP contribution in [0.25, 0.3) is 0 Å². The summed E-state index contributed by atoms with van der Waals surface area (Å²) in [6, 6.07) is 20.4. The maximum Gasteiger partial charge on any atom is 0.513 e. The van der Waals surface area contributed by atoms with Gasteiger partial charge in [-0.15, -0.1) is 0 Å². The number of carbonyl (C=O) groups is 3. The van der Waals surface area contributed by atoms with Crippen LogP contribution in [0, 0.1) is 0 Å². The zero-order valence-electron chi connectivity index (χ0n) is 18.0. The summed E-state index contributed by atoms with van der Waals surface area (Å²) in [5, 5.41) is 6.33. The van der Waals surface area contributed by atoms with Gasteiger partial charge in [0.05, 0.1) is 13.0 Å². The maximum absolute atomic E-state index is 12.7. The summed E-state index contributed by atoms with van der Waals surface area (Å²) < 4.78 is 9.71. The third-order valence-corrected chi connectivity index (χ3v) is 4.85. The first-order valence-electron chi connectivity index (χ1n) is 10.3. The molecule has 0 aromatic heterocycles. The molecule has 0 aliphatic carbocycles. The normalized spacial score (nSPS) is 10.2. The third-order valence-electron chi connectivity index (χ3n) is 4.60. The van der Waals surface area contributed by atoms with Gasteiger partial charge in [0, 0.05) is 22.8 Å². The summed E-state index contributed by atoms with van der Waals surface area (Å²) in [5.74, 6) is -0.206. The predicted molar refractivity (Wildman–Crippen MR) is 125 cm³/mol. The molecule has 33 heavy (non-hydrogen) atoms. The molecule has 8 heteroatoms. The van der Waals surface area contributed by atoms with Gasteiger partial charge in [-0.25, -0.2) is 4.79 Å². The minimum atomic E-state index is -0.804. The van der Waals surface area contributed by atoms with Gasteiger partial charge in [-0.3, -0.25) is 9.59 Å². The fourth-order valence-corrected chi connectivity index (χ4v) is 3.08. The van der Waals surface area contributed by atoms with E-state index in [0.717, 1.165) is 11.1 Å². The van der Waals surface area contributed by atoms with E-state index in [0.29, 0.717) is 16.3 Å². The summed E-state index contributed by atoms with van der Waals surface area (Å²) in [6.07, 6.45) is -0.576. The first-order valence-corrected chi connectivity index (χ1v) is 10.7. The van der Waals surface area contributed by atoms with Gasteiger partial charge in [0.2, 0.25) is 5.91 Å². The highest BCUT2D eigenvalue weighted by atomic mass is 35.5. The lowest BCUT2D eigenvalue weighted by Crippen LogP contribution is -2.25. The van der Waals surface area contributed by atoms with E-state index in [4.69, 9.17) is 21.1 Å². The van der Waals surface area contributed by atoms with Gasteiger partial charge in [0.25, 0.3) is 5.91 Å². The molecular formula is C25H23ClN2O5. The van der Waals surface area contributed by atoms with E-state index >= 15 is 0 Å². The van der Waals surface area contributed by atoms with Crippen LogP contribution in [-0.2, 0) is 22.5 Å². The summed E-state index contributed by atoms with van der Waals surface area (Å²) in [5.41, 5.74) is 2.58. The van der Waals surface area contributed by atoms with E-state index in [-0.39, 0.29) is 37.1 Å². The van der Waals surface area contributed by atoms with Gasteiger partial charge >= 0.3 is 6.16 Å². The first kappa shape index (κ1) is 23.8. The highest BCUT2D eigenvalue weighted by Gasteiger charge is 2.12. The van der Waals surface area contributed by atoms with Crippen molar-refractivity contribution in [2.24, 2.45) is 0 Å².